The molecule has 2 nitrogen and oxygen atoms in total. The van der Waals surface area contributed by atoms with E-state index < -0.39 is 0 Å². The van der Waals surface area contributed by atoms with Crippen LogP contribution in [0.2, 0.25) is 0 Å². The first-order valence-corrected chi connectivity index (χ1v) is 4.87. The van der Waals surface area contributed by atoms with Gasteiger partial charge in [0.25, 0.3) is 0 Å². The number of fused-ring (bicyclic) bond motifs is 3. The highest BCUT2D eigenvalue weighted by Crippen LogP contribution is 2.35. The Morgan fingerprint density at radius 3 is 2.73 bits per heavy atom. The molecule has 0 aliphatic carbocycles. The van der Waals surface area contributed by atoms with Gasteiger partial charge in [0.2, 0.25) is 0 Å². The second-order valence-corrected chi connectivity index (χ2v) is 3.70. The number of furan rings is 1. The number of aromatic hydroxyl groups is 1. The monoisotopic (exact) mass is 198 g/mol. The van der Waals surface area contributed by atoms with E-state index in [-0.39, 0.29) is 5.75 Å². The predicted octanol–water partition coefficient (Wildman–Crippen LogP) is 3.60. The van der Waals surface area contributed by atoms with E-state index in [1.165, 1.54) is 0 Å². The lowest BCUT2D eigenvalue weighted by Crippen LogP contribution is -1.74. The summed E-state index contributed by atoms with van der Waals surface area (Å²) in [5.74, 6) is 0.201. The zero-order valence-corrected chi connectivity index (χ0v) is 8.32. The molecule has 3 aromatic rings. The number of hydrogen-bond acceptors (Lipinski definition) is 2. The van der Waals surface area contributed by atoms with E-state index in [4.69, 9.17) is 4.42 Å². The van der Waals surface area contributed by atoms with Crippen molar-refractivity contribution in [2.45, 2.75) is 6.92 Å². The van der Waals surface area contributed by atoms with Crippen LogP contribution in [0.3, 0.4) is 0 Å². The van der Waals surface area contributed by atoms with Crippen LogP contribution >= 0.6 is 0 Å². The quantitative estimate of drug-likeness (QED) is 0.598. The minimum atomic E-state index is 0.201. The fourth-order valence-electron chi connectivity index (χ4n) is 1.98. The van der Waals surface area contributed by atoms with Crippen LogP contribution in [0.1, 0.15) is 5.56 Å². The molecule has 2 aromatic carbocycles. The van der Waals surface area contributed by atoms with Gasteiger partial charge in [0, 0.05) is 10.8 Å². The van der Waals surface area contributed by atoms with Crippen molar-refractivity contribution in [1.29, 1.82) is 0 Å². The van der Waals surface area contributed by atoms with E-state index >= 15 is 0 Å². The molecule has 0 saturated carbocycles. The summed E-state index contributed by atoms with van der Waals surface area (Å²) in [6.45, 7) is 2.02. The maximum atomic E-state index is 9.70. The Kier molecular flexibility index (Phi) is 1.54. The van der Waals surface area contributed by atoms with Crippen molar-refractivity contribution in [2.24, 2.45) is 0 Å². The number of phenols is 1. The lowest BCUT2D eigenvalue weighted by Gasteiger charge is -1.96. The van der Waals surface area contributed by atoms with E-state index in [9.17, 15) is 5.11 Å². The van der Waals surface area contributed by atoms with E-state index in [2.05, 4.69) is 0 Å². The summed E-state index contributed by atoms with van der Waals surface area (Å²) in [7, 11) is 0. The molecule has 0 unspecified atom stereocenters. The standard InChI is InChI=1S/C13H10O2/c1-8-6-7-10(14)13-12(8)9-4-2-3-5-11(9)15-13/h2-7,14H,1H3. The smallest absolute Gasteiger partial charge is 0.177 e. The highest BCUT2D eigenvalue weighted by molar-refractivity contribution is 6.08. The Hall–Kier alpha value is -1.96. The van der Waals surface area contributed by atoms with E-state index in [0.717, 1.165) is 21.9 Å². The molecule has 0 spiro atoms. The minimum Gasteiger partial charge on any atom is -0.504 e. The predicted molar refractivity (Wildman–Crippen MR) is 60.1 cm³/mol. The number of aryl methyl sites for hydroxylation is 1. The molecule has 74 valence electrons. The Morgan fingerprint density at radius 2 is 1.87 bits per heavy atom. The molecule has 0 radical (unpaired) electrons. The molecule has 0 aliphatic heterocycles. The second kappa shape index (κ2) is 2.76. The van der Waals surface area contributed by atoms with Crippen molar-refractivity contribution in [3.8, 4) is 5.75 Å². The molecular formula is C13H10O2. The van der Waals surface area contributed by atoms with E-state index in [0.29, 0.717) is 5.58 Å². The molecule has 0 aliphatic rings. The number of phenolic OH excluding ortho intramolecular Hbond substituents is 1. The van der Waals surface area contributed by atoms with Crippen molar-refractivity contribution in [3.63, 3.8) is 0 Å². The van der Waals surface area contributed by atoms with Crippen molar-refractivity contribution in [3.05, 3.63) is 42.0 Å². The molecular weight excluding hydrogens is 188 g/mol. The summed E-state index contributed by atoms with van der Waals surface area (Å²) in [6, 6.07) is 11.4. The first kappa shape index (κ1) is 8.36. The molecule has 0 atom stereocenters. The Labute approximate surface area is 86.7 Å². The lowest BCUT2D eigenvalue weighted by atomic mass is 10.1. The summed E-state index contributed by atoms with van der Waals surface area (Å²) >= 11 is 0. The van der Waals surface area contributed by atoms with Gasteiger partial charge in [-0.3, -0.25) is 0 Å². The number of para-hydroxylation sites is 1. The molecule has 0 fully saturated rings. The third-order valence-electron chi connectivity index (χ3n) is 2.71. The summed E-state index contributed by atoms with van der Waals surface area (Å²) in [4.78, 5) is 0. The van der Waals surface area contributed by atoms with Crippen LogP contribution in [-0.4, -0.2) is 5.11 Å². The summed E-state index contributed by atoms with van der Waals surface area (Å²) in [5.41, 5.74) is 2.51. The second-order valence-electron chi connectivity index (χ2n) is 3.70. The third-order valence-corrected chi connectivity index (χ3v) is 2.71. The zero-order chi connectivity index (χ0) is 10.4. The van der Waals surface area contributed by atoms with Gasteiger partial charge in [-0.15, -0.1) is 0 Å². The highest BCUT2D eigenvalue weighted by Gasteiger charge is 2.11. The van der Waals surface area contributed by atoms with Crippen LogP contribution in [0.25, 0.3) is 21.9 Å². The van der Waals surface area contributed by atoms with Crippen LogP contribution in [0.4, 0.5) is 0 Å². The third kappa shape index (κ3) is 1.05. The first-order valence-electron chi connectivity index (χ1n) is 4.87. The fourth-order valence-corrected chi connectivity index (χ4v) is 1.98. The molecule has 2 heteroatoms. The largest absolute Gasteiger partial charge is 0.504 e. The van der Waals surface area contributed by atoms with Gasteiger partial charge >= 0.3 is 0 Å². The normalized spacial score (nSPS) is 11.3. The molecule has 0 saturated heterocycles. The van der Waals surface area contributed by atoms with Crippen LogP contribution in [-0.2, 0) is 0 Å². The molecule has 1 heterocycles. The topological polar surface area (TPSA) is 33.4 Å². The summed E-state index contributed by atoms with van der Waals surface area (Å²) in [6.07, 6.45) is 0. The average Bonchev–Trinajstić information content (AvgIpc) is 2.64. The summed E-state index contributed by atoms with van der Waals surface area (Å²) < 4.78 is 5.61. The van der Waals surface area contributed by atoms with Gasteiger partial charge < -0.3 is 9.52 Å². The van der Waals surface area contributed by atoms with Gasteiger partial charge in [0.05, 0.1) is 0 Å². The molecule has 0 amide bonds. The minimum absolute atomic E-state index is 0.201. The SMILES string of the molecule is Cc1ccc(O)c2oc3ccccc3c12. The van der Waals surface area contributed by atoms with Crippen LogP contribution in [0, 0.1) is 6.92 Å². The molecule has 1 aromatic heterocycles. The van der Waals surface area contributed by atoms with Gasteiger partial charge in [-0.25, -0.2) is 0 Å². The van der Waals surface area contributed by atoms with Gasteiger partial charge in [-0.2, -0.15) is 0 Å². The van der Waals surface area contributed by atoms with E-state index in [1.807, 2.05) is 37.3 Å². The van der Waals surface area contributed by atoms with Crippen LogP contribution < -0.4 is 0 Å². The van der Waals surface area contributed by atoms with Gasteiger partial charge in [-0.05, 0) is 24.6 Å². The number of rotatable bonds is 0. The van der Waals surface area contributed by atoms with Crippen LogP contribution in [0.5, 0.6) is 5.75 Å². The molecule has 3 rings (SSSR count). The molecule has 15 heavy (non-hydrogen) atoms. The number of benzene rings is 2. The average molecular weight is 198 g/mol. The molecule has 1 N–H and O–H groups in total. The van der Waals surface area contributed by atoms with Gasteiger partial charge in [0.15, 0.2) is 11.3 Å². The van der Waals surface area contributed by atoms with Crippen molar-refractivity contribution in [1.82, 2.24) is 0 Å². The van der Waals surface area contributed by atoms with Crippen molar-refractivity contribution >= 4 is 21.9 Å². The highest BCUT2D eigenvalue weighted by atomic mass is 16.4. The Bertz CT molecular complexity index is 650. The maximum Gasteiger partial charge on any atom is 0.177 e. The zero-order valence-electron chi connectivity index (χ0n) is 8.32. The maximum absolute atomic E-state index is 9.70. The fraction of sp³-hybridized carbons (Fsp3) is 0.0769. The van der Waals surface area contributed by atoms with Crippen LogP contribution in [0.15, 0.2) is 40.8 Å². The van der Waals surface area contributed by atoms with Gasteiger partial charge in [-0.1, -0.05) is 24.3 Å². The Morgan fingerprint density at radius 1 is 1.07 bits per heavy atom. The van der Waals surface area contributed by atoms with Gasteiger partial charge in [0.1, 0.15) is 5.58 Å². The van der Waals surface area contributed by atoms with Crippen molar-refractivity contribution < 1.29 is 9.52 Å². The number of hydrogen-bond donors (Lipinski definition) is 1. The van der Waals surface area contributed by atoms with Crippen molar-refractivity contribution in [2.75, 3.05) is 0 Å². The first-order chi connectivity index (χ1) is 7.27. The summed E-state index contributed by atoms with van der Waals surface area (Å²) in [5, 5.41) is 11.8. The molecule has 0 bridgehead atoms. The Balaban J connectivity index is 2.66. The lowest BCUT2D eigenvalue weighted by molar-refractivity contribution is 0.468. The van der Waals surface area contributed by atoms with E-state index in [1.54, 1.807) is 6.07 Å².